The molecule has 0 aliphatic carbocycles. The minimum absolute atomic E-state index is 0.416. The number of aryl methyl sites for hydroxylation is 1. The molecule has 5 heteroatoms. The summed E-state index contributed by atoms with van der Waals surface area (Å²) in [7, 11) is 1.79. The summed E-state index contributed by atoms with van der Waals surface area (Å²) in [5.74, 6) is 0. The van der Waals surface area contributed by atoms with Crippen LogP contribution in [-0.4, -0.2) is 14.5 Å². The van der Waals surface area contributed by atoms with Crippen molar-refractivity contribution in [1.29, 1.82) is 0 Å². The highest BCUT2D eigenvalue weighted by atomic mass is 35.5. The lowest BCUT2D eigenvalue weighted by Crippen LogP contribution is -1.89. The van der Waals surface area contributed by atoms with Gasteiger partial charge in [0.2, 0.25) is 5.28 Å². The van der Waals surface area contributed by atoms with Crippen molar-refractivity contribution < 1.29 is 0 Å². The molecule has 0 fully saturated rings. The standard InChI is InChI=1S/C7H5Cl2N3/c1-12-6-4(10-7(12)9)2-3-5(8)11-6/h2-3H,1H3. The first-order valence-corrected chi connectivity index (χ1v) is 4.08. The Kier molecular flexibility index (Phi) is 1.70. The van der Waals surface area contributed by atoms with E-state index in [0.29, 0.717) is 16.1 Å². The van der Waals surface area contributed by atoms with Gasteiger partial charge < -0.3 is 4.57 Å². The van der Waals surface area contributed by atoms with E-state index >= 15 is 0 Å². The van der Waals surface area contributed by atoms with E-state index in [4.69, 9.17) is 23.2 Å². The van der Waals surface area contributed by atoms with Crippen LogP contribution >= 0.6 is 23.2 Å². The molecule has 0 N–H and O–H groups in total. The molecule has 0 saturated heterocycles. The number of hydrogen-bond acceptors (Lipinski definition) is 2. The zero-order valence-electron chi connectivity index (χ0n) is 6.25. The van der Waals surface area contributed by atoms with E-state index in [1.165, 1.54) is 0 Å². The summed E-state index contributed by atoms with van der Waals surface area (Å²) in [5.41, 5.74) is 1.46. The summed E-state index contributed by atoms with van der Waals surface area (Å²) in [6.45, 7) is 0. The number of halogens is 2. The molecule has 0 amide bonds. The van der Waals surface area contributed by atoms with Crippen LogP contribution in [0.4, 0.5) is 0 Å². The Morgan fingerprint density at radius 2 is 2.00 bits per heavy atom. The fourth-order valence-electron chi connectivity index (χ4n) is 1.01. The normalized spacial score (nSPS) is 10.9. The summed E-state index contributed by atoms with van der Waals surface area (Å²) in [6.07, 6.45) is 0. The van der Waals surface area contributed by atoms with Crippen molar-refractivity contribution in [2.45, 2.75) is 0 Å². The first-order valence-electron chi connectivity index (χ1n) is 3.33. The van der Waals surface area contributed by atoms with Crippen molar-refractivity contribution in [1.82, 2.24) is 14.5 Å². The molecule has 12 heavy (non-hydrogen) atoms. The van der Waals surface area contributed by atoms with Gasteiger partial charge in [0.25, 0.3) is 0 Å². The van der Waals surface area contributed by atoms with E-state index in [1.807, 2.05) is 0 Å². The summed E-state index contributed by atoms with van der Waals surface area (Å²) in [5, 5.41) is 0.863. The number of rotatable bonds is 0. The van der Waals surface area contributed by atoms with Gasteiger partial charge in [0, 0.05) is 7.05 Å². The lowest BCUT2D eigenvalue weighted by Gasteiger charge is -1.93. The van der Waals surface area contributed by atoms with Gasteiger partial charge in [-0.15, -0.1) is 0 Å². The minimum atomic E-state index is 0.416. The van der Waals surface area contributed by atoms with Gasteiger partial charge in [-0.2, -0.15) is 0 Å². The van der Waals surface area contributed by atoms with Crippen LogP contribution in [-0.2, 0) is 7.05 Å². The first kappa shape index (κ1) is 7.83. The second-order valence-electron chi connectivity index (χ2n) is 2.42. The molecule has 0 aromatic carbocycles. The van der Waals surface area contributed by atoms with E-state index in [1.54, 1.807) is 23.7 Å². The molecule has 3 nitrogen and oxygen atoms in total. The van der Waals surface area contributed by atoms with Crippen LogP contribution in [0.15, 0.2) is 12.1 Å². The Balaban J connectivity index is 2.88. The second kappa shape index (κ2) is 2.61. The Labute approximate surface area is 78.9 Å². The molecule has 0 aliphatic rings. The molecule has 0 saturated carbocycles. The van der Waals surface area contributed by atoms with Gasteiger partial charge in [0.05, 0.1) is 0 Å². The predicted molar refractivity (Wildman–Crippen MR) is 48.5 cm³/mol. The molecule has 2 aromatic heterocycles. The predicted octanol–water partition coefficient (Wildman–Crippen LogP) is 2.28. The second-order valence-corrected chi connectivity index (χ2v) is 3.14. The van der Waals surface area contributed by atoms with E-state index in [0.717, 1.165) is 5.52 Å². The molecular formula is C7H5Cl2N3. The van der Waals surface area contributed by atoms with Crippen LogP contribution in [0.1, 0.15) is 0 Å². The first-order chi connectivity index (χ1) is 5.68. The van der Waals surface area contributed by atoms with Gasteiger partial charge in [-0.05, 0) is 23.7 Å². The number of pyridine rings is 1. The molecule has 62 valence electrons. The van der Waals surface area contributed by atoms with Crippen LogP contribution in [0.5, 0.6) is 0 Å². The monoisotopic (exact) mass is 201 g/mol. The van der Waals surface area contributed by atoms with Crippen molar-refractivity contribution in [3.8, 4) is 0 Å². The maximum Gasteiger partial charge on any atom is 0.204 e. The molecular weight excluding hydrogens is 197 g/mol. The Morgan fingerprint density at radius 1 is 1.25 bits per heavy atom. The smallest absolute Gasteiger partial charge is 0.204 e. The summed E-state index contributed by atoms with van der Waals surface area (Å²) in [6, 6.07) is 3.48. The Hall–Kier alpha value is -0.800. The summed E-state index contributed by atoms with van der Waals surface area (Å²) >= 11 is 11.5. The van der Waals surface area contributed by atoms with Crippen molar-refractivity contribution in [3.05, 3.63) is 22.6 Å². The number of aromatic nitrogens is 3. The molecule has 0 bridgehead atoms. The summed E-state index contributed by atoms with van der Waals surface area (Å²) < 4.78 is 1.68. The molecule has 0 unspecified atom stereocenters. The molecule has 2 rings (SSSR count). The van der Waals surface area contributed by atoms with Crippen molar-refractivity contribution >= 4 is 34.4 Å². The molecule has 0 aliphatic heterocycles. The quantitative estimate of drug-likeness (QED) is 0.613. The van der Waals surface area contributed by atoms with Crippen molar-refractivity contribution in [3.63, 3.8) is 0 Å². The van der Waals surface area contributed by atoms with Gasteiger partial charge in [0.15, 0.2) is 5.65 Å². The van der Waals surface area contributed by atoms with E-state index < -0.39 is 0 Å². The SMILES string of the molecule is Cn1c(Cl)nc2ccc(Cl)nc21. The van der Waals surface area contributed by atoms with Gasteiger partial charge >= 0.3 is 0 Å². The maximum absolute atomic E-state index is 5.77. The van der Waals surface area contributed by atoms with E-state index in [2.05, 4.69) is 9.97 Å². The average Bonchev–Trinajstić information content (AvgIpc) is 2.31. The molecule has 0 atom stereocenters. The molecule has 0 radical (unpaired) electrons. The molecule has 2 aromatic rings. The molecule has 0 spiro atoms. The average molecular weight is 202 g/mol. The lowest BCUT2D eigenvalue weighted by atomic mass is 10.4. The van der Waals surface area contributed by atoms with Gasteiger partial charge in [-0.1, -0.05) is 11.6 Å². The highest BCUT2D eigenvalue weighted by Gasteiger charge is 2.06. The summed E-state index contributed by atoms with van der Waals surface area (Å²) in [4.78, 5) is 8.14. The third kappa shape index (κ3) is 1.06. The van der Waals surface area contributed by atoms with Gasteiger partial charge in [-0.25, -0.2) is 9.97 Å². The largest absolute Gasteiger partial charge is 0.302 e. The lowest BCUT2D eigenvalue weighted by molar-refractivity contribution is 0.932. The van der Waals surface area contributed by atoms with Crippen LogP contribution < -0.4 is 0 Å². The number of fused-ring (bicyclic) bond motifs is 1. The number of imidazole rings is 1. The highest BCUT2D eigenvalue weighted by Crippen LogP contribution is 2.17. The third-order valence-corrected chi connectivity index (χ3v) is 2.18. The number of hydrogen-bond donors (Lipinski definition) is 0. The minimum Gasteiger partial charge on any atom is -0.302 e. The number of nitrogens with zero attached hydrogens (tertiary/aromatic N) is 3. The fraction of sp³-hybridized carbons (Fsp3) is 0.143. The van der Waals surface area contributed by atoms with Crippen LogP contribution in [0, 0.1) is 0 Å². The zero-order chi connectivity index (χ0) is 8.72. The van der Waals surface area contributed by atoms with Crippen molar-refractivity contribution in [2.24, 2.45) is 7.05 Å². The van der Waals surface area contributed by atoms with Gasteiger partial charge in [0.1, 0.15) is 10.7 Å². The van der Waals surface area contributed by atoms with Crippen molar-refractivity contribution in [2.75, 3.05) is 0 Å². The third-order valence-electron chi connectivity index (χ3n) is 1.63. The van der Waals surface area contributed by atoms with Crippen LogP contribution in [0.3, 0.4) is 0 Å². The Morgan fingerprint density at radius 3 is 2.75 bits per heavy atom. The van der Waals surface area contributed by atoms with E-state index in [9.17, 15) is 0 Å². The highest BCUT2D eigenvalue weighted by molar-refractivity contribution is 6.30. The maximum atomic E-state index is 5.77. The van der Waals surface area contributed by atoms with Crippen LogP contribution in [0.25, 0.3) is 11.2 Å². The van der Waals surface area contributed by atoms with Crippen LogP contribution in [0.2, 0.25) is 10.4 Å². The topological polar surface area (TPSA) is 30.7 Å². The zero-order valence-corrected chi connectivity index (χ0v) is 7.76. The van der Waals surface area contributed by atoms with E-state index in [-0.39, 0.29) is 0 Å². The van der Waals surface area contributed by atoms with Gasteiger partial charge in [-0.3, -0.25) is 0 Å². The fourth-order valence-corrected chi connectivity index (χ4v) is 1.33. The molecule has 2 heterocycles. The Bertz CT molecular complexity index is 435.